The second kappa shape index (κ2) is 5.17. The Morgan fingerprint density at radius 2 is 2.16 bits per heavy atom. The summed E-state index contributed by atoms with van der Waals surface area (Å²) in [7, 11) is 0. The molecule has 2 saturated heterocycles. The summed E-state index contributed by atoms with van der Waals surface area (Å²) in [6.07, 6.45) is 3.98. The molecule has 2 aliphatic heterocycles. The molecule has 1 aromatic rings. The number of amidine groups is 1. The van der Waals surface area contributed by atoms with Crippen LogP contribution in [0.15, 0.2) is 18.2 Å². The lowest BCUT2D eigenvalue weighted by Gasteiger charge is -2.44. The monoisotopic (exact) mass is 259 g/mol. The third-order valence-corrected chi connectivity index (χ3v) is 4.17. The maximum Gasteiger partial charge on any atom is 0.141 e. The molecule has 5 heteroatoms. The largest absolute Gasteiger partial charge is 0.382 e. The van der Waals surface area contributed by atoms with Crippen molar-refractivity contribution in [3.63, 3.8) is 0 Å². The second-order valence-electron chi connectivity index (χ2n) is 5.43. The Bertz CT molecular complexity index is 473. The fourth-order valence-corrected chi connectivity index (χ4v) is 3.11. The summed E-state index contributed by atoms with van der Waals surface area (Å²) in [5.41, 5.74) is 6.09. The lowest BCUT2D eigenvalue weighted by molar-refractivity contribution is 0.133. The minimum absolute atomic E-state index is 0.0400. The molecule has 1 unspecified atom stereocenters. The molecule has 1 aromatic heterocycles. The zero-order valence-corrected chi connectivity index (χ0v) is 11.2. The van der Waals surface area contributed by atoms with E-state index < -0.39 is 0 Å². The first-order valence-electron chi connectivity index (χ1n) is 7.04. The molecule has 3 heterocycles. The van der Waals surface area contributed by atoms with Gasteiger partial charge in [0.15, 0.2) is 0 Å². The number of piperazine rings is 1. The fourth-order valence-electron chi connectivity index (χ4n) is 3.11. The number of hydrogen-bond acceptors (Lipinski definition) is 4. The fraction of sp³-hybridized carbons (Fsp3) is 0.571. The van der Waals surface area contributed by atoms with Crippen molar-refractivity contribution in [1.29, 1.82) is 5.41 Å². The predicted octanol–water partition coefficient (Wildman–Crippen LogP) is 1.04. The number of hydrogen-bond donors (Lipinski definition) is 2. The first-order chi connectivity index (χ1) is 9.24. The van der Waals surface area contributed by atoms with Crippen molar-refractivity contribution in [3.8, 4) is 0 Å². The van der Waals surface area contributed by atoms with Gasteiger partial charge >= 0.3 is 0 Å². The number of anilines is 1. The Hall–Kier alpha value is -1.62. The summed E-state index contributed by atoms with van der Waals surface area (Å²) in [5.74, 6) is 0.996. The first kappa shape index (κ1) is 12.4. The Morgan fingerprint density at radius 1 is 1.26 bits per heavy atom. The van der Waals surface area contributed by atoms with E-state index in [0.717, 1.165) is 25.5 Å². The van der Waals surface area contributed by atoms with Crippen LogP contribution in [0.2, 0.25) is 0 Å². The Kier molecular flexibility index (Phi) is 3.38. The van der Waals surface area contributed by atoms with E-state index in [-0.39, 0.29) is 5.84 Å². The highest BCUT2D eigenvalue weighted by atomic mass is 15.3. The zero-order chi connectivity index (χ0) is 13.2. The van der Waals surface area contributed by atoms with Gasteiger partial charge in [-0.3, -0.25) is 10.3 Å². The van der Waals surface area contributed by atoms with Crippen LogP contribution in [0.3, 0.4) is 0 Å². The standard InChI is InChI=1S/C14H21N5/c15-14(16)12-5-3-6-13(17-12)19-9-8-18-7-2-1-4-11(18)10-19/h3,5-6,11H,1-2,4,7-10H2,(H3,15,16). The third-order valence-electron chi connectivity index (χ3n) is 4.17. The van der Waals surface area contributed by atoms with Gasteiger partial charge in [0.25, 0.3) is 0 Å². The summed E-state index contributed by atoms with van der Waals surface area (Å²) in [5, 5.41) is 7.48. The van der Waals surface area contributed by atoms with Gasteiger partial charge < -0.3 is 10.6 Å². The highest BCUT2D eigenvalue weighted by Crippen LogP contribution is 2.23. The van der Waals surface area contributed by atoms with Crippen molar-refractivity contribution in [2.45, 2.75) is 25.3 Å². The van der Waals surface area contributed by atoms with Gasteiger partial charge in [0.05, 0.1) is 0 Å². The highest BCUT2D eigenvalue weighted by molar-refractivity contribution is 5.93. The van der Waals surface area contributed by atoms with Gasteiger partial charge in [-0.1, -0.05) is 12.5 Å². The van der Waals surface area contributed by atoms with Crippen LogP contribution < -0.4 is 10.6 Å². The minimum atomic E-state index is 0.0400. The molecule has 1 atom stereocenters. The van der Waals surface area contributed by atoms with Crippen LogP contribution in [0.25, 0.3) is 0 Å². The van der Waals surface area contributed by atoms with E-state index in [9.17, 15) is 0 Å². The maximum atomic E-state index is 7.48. The van der Waals surface area contributed by atoms with Crippen LogP contribution in [-0.4, -0.2) is 47.9 Å². The number of piperidine rings is 1. The molecule has 0 bridgehead atoms. The van der Waals surface area contributed by atoms with Crippen LogP contribution in [0.5, 0.6) is 0 Å². The molecule has 3 rings (SSSR count). The summed E-state index contributed by atoms with van der Waals surface area (Å²) >= 11 is 0. The molecule has 2 fully saturated rings. The number of nitrogens with two attached hydrogens (primary N) is 1. The summed E-state index contributed by atoms with van der Waals surface area (Å²) < 4.78 is 0. The van der Waals surface area contributed by atoms with Gasteiger partial charge in [-0.15, -0.1) is 0 Å². The van der Waals surface area contributed by atoms with Gasteiger partial charge in [-0.2, -0.15) is 0 Å². The van der Waals surface area contributed by atoms with Crippen LogP contribution >= 0.6 is 0 Å². The van der Waals surface area contributed by atoms with Crippen molar-refractivity contribution < 1.29 is 0 Å². The van der Waals surface area contributed by atoms with Crippen molar-refractivity contribution >= 4 is 11.7 Å². The van der Waals surface area contributed by atoms with E-state index in [1.54, 1.807) is 6.07 Å². The minimum Gasteiger partial charge on any atom is -0.382 e. The predicted molar refractivity (Wildman–Crippen MR) is 76.7 cm³/mol. The normalized spacial score (nSPS) is 24.0. The number of nitrogen functional groups attached to an aromatic ring is 1. The SMILES string of the molecule is N=C(N)c1cccc(N2CCN3CCCCC3C2)n1. The molecule has 0 amide bonds. The van der Waals surface area contributed by atoms with E-state index in [1.807, 2.05) is 12.1 Å². The Balaban J connectivity index is 1.75. The van der Waals surface area contributed by atoms with Gasteiger partial charge in [-0.25, -0.2) is 4.98 Å². The van der Waals surface area contributed by atoms with Crippen molar-refractivity contribution in [2.75, 3.05) is 31.1 Å². The molecule has 2 aliphatic rings. The molecule has 0 radical (unpaired) electrons. The first-order valence-corrected chi connectivity index (χ1v) is 7.04. The van der Waals surface area contributed by atoms with E-state index in [4.69, 9.17) is 11.1 Å². The number of pyridine rings is 1. The van der Waals surface area contributed by atoms with E-state index in [1.165, 1.54) is 25.8 Å². The van der Waals surface area contributed by atoms with Crippen molar-refractivity contribution in [1.82, 2.24) is 9.88 Å². The molecule has 0 aromatic carbocycles. The summed E-state index contributed by atoms with van der Waals surface area (Å²) in [6, 6.07) is 6.42. The Morgan fingerprint density at radius 3 is 3.00 bits per heavy atom. The summed E-state index contributed by atoms with van der Waals surface area (Å²) in [4.78, 5) is 9.43. The quantitative estimate of drug-likeness (QED) is 0.615. The van der Waals surface area contributed by atoms with Crippen LogP contribution in [0.4, 0.5) is 5.82 Å². The number of aromatic nitrogens is 1. The van der Waals surface area contributed by atoms with Crippen LogP contribution in [0.1, 0.15) is 25.0 Å². The number of nitrogens with one attached hydrogen (secondary N) is 1. The van der Waals surface area contributed by atoms with Gasteiger partial charge in [0.2, 0.25) is 0 Å². The van der Waals surface area contributed by atoms with Gasteiger partial charge in [0, 0.05) is 25.7 Å². The average molecular weight is 259 g/mol. The van der Waals surface area contributed by atoms with Crippen LogP contribution in [-0.2, 0) is 0 Å². The third kappa shape index (κ3) is 2.56. The lowest BCUT2D eigenvalue weighted by Crippen LogP contribution is -2.55. The molecule has 102 valence electrons. The smallest absolute Gasteiger partial charge is 0.141 e. The molecule has 0 aliphatic carbocycles. The molecular formula is C14H21N5. The number of rotatable bonds is 2. The maximum absolute atomic E-state index is 7.48. The van der Waals surface area contributed by atoms with E-state index in [0.29, 0.717) is 11.7 Å². The number of fused-ring (bicyclic) bond motifs is 1. The van der Waals surface area contributed by atoms with E-state index in [2.05, 4.69) is 14.8 Å². The lowest BCUT2D eigenvalue weighted by atomic mass is 9.99. The highest BCUT2D eigenvalue weighted by Gasteiger charge is 2.29. The second-order valence-corrected chi connectivity index (χ2v) is 5.43. The molecule has 3 N–H and O–H groups in total. The van der Waals surface area contributed by atoms with Crippen molar-refractivity contribution in [2.24, 2.45) is 5.73 Å². The van der Waals surface area contributed by atoms with Crippen molar-refractivity contribution in [3.05, 3.63) is 23.9 Å². The van der Waals surface area contributed by atoms with Crippen LogP contribution in [0, 0.1) is 5.41 Å². The van der Waals surface area contributed by atoms with E-state index >= 15 is 0 Å². The molecule has 0 saturated carbocycles. The molecular weight excluding hydrogens is 238 g/mol. The molecule has 19 heavy (non-hydrogen) atoms. The topological polar surface area (TPSA) is 69.2 Å². The van der Waals surface area contributed by atoms with Gasteiger partial charge in [0.1, 0.15) is 17.3 Å². The average Bonchev–Trinajstić information content (AvgIpc) is 2.47. The molecule has 0 spiro atoms. The zero-order valence-electron chi connectivity index (χ0n) is 11.2. The molecule has 5 nitrogen and oxygen atoms in total. The van der Waals surface area contributed by atoms with Gasteiger partial charge in [-0.05, 0) is 31.5 Å². The number of nitrogens with zero attached hydrogens (tertiary/aromatic N) is 3. The Labute approximate surface area is 113 Å². The summed E-state index contributed by atoms with van der Waals surface area (Å²) in [6.45, 7) is 4.44.